The van der Waals surface area contributed by atoms with Crippen LogP contribution in [0.4, 0.5) is 11.4 Å². The van der Waals surface area contributed by atoms with Crippen molar-refractivity contribution in [1.82, 2.24) is 19.6 Å². The van der Waals surface area contributed by atoms with E-state index >= 15 is 0 Å². The van der Waals surface area contributed by atoms with Crippen molar-refractivity contribution in [2.24, 2.45) is 7.05 Å². The Labute approximate surface area is 175 Å². The van der Waals surface area contributed by atoms with Crippen LogP contribution in [0.3, 0.4) is 0 Å². The molecule has 2 aromatic rings. The van der Waals surface area contributed by atoms with Gasteiger partial charge in [-0.3, -0.25) is 19.7 Å². The molecule has 0 amide bonds. The summed E-state index contributed by atoms with van der Waals surface area (Å²) in [5.74, 6) is 0.391. The number of ether oxygens (including phenoxy) is 1. The van der Waals surface area contributed by atoms with Crippen molar-refractivity contribution in [2.75, 3.05) is 38.6 Å². The van der Waals surface area contributed by atoms with Gasteiger partial charge in [-0.15, -0.1) is 0 Å². The zero-order valence-electron chi connectivity index (χ0n) is 17.1. The number of nitrogens with one attached hydrogen (secondary N) is 1. The molecule has 10 heteroatoms. The average Bonchev–Trinajstić information content (AvgIpc) is 2.94. The molecule has 0 aliphatic carbocycles. The van der Waals surface area contributed by atoms with Crippen LogP contribution in [0.25, 0.3) is 0 Å². The molecule has 1 N–H and O–H groups in total. The topological polar surface area (TPSA) is 88.7 Å². The third kappa shape index (κ3) is 4.65. The number of nitro groups is 1. The van der Waals surface area contributed by atoms with E-state index in [0.717, 1.165) is 38.4 Å². The Morgan fingerprint density at radius 3 is 2.55 bits per heavy atom. The number of hydrogen-bond donors (Lipinski definition) is 1. The first kappa shape index (κ1) is 21.0. The lowest BCUT2D eigenvalue weighted by Crippen LogP contribution is -2.49. The Kier molecular flexibility index (Phi) is 6.33. The minimum atomic E-state index is -0.449. The molecule has 0 bridgehead atoms. The lowest BCUT2D eigenvalue weighted by atomic mass is 10.1. The number of nitro benzene ring substituents is 1. The van der Waals surface area contributed by atoms with Gasteiger partial charge in [-0.1, -0.05) is 0 Å². The van der Waals surface area contributed by atoms with E-state index in [9.17, 15) is 10.1 Å². The number of aryl methyl sites for hydroxylation is 2. The van der Waals surface area contributed by atoms with E-state index in [1.54, 1.807) is 6.07 Å². The summed E-state index contributed by atoms with van der Waals surface area (Å²) in [6.45, 7) is 8.44. The van der Waals surface area contributed by atoms with Crippen LogP contribution in [-0.2, 0) is 13.6 Å². The maximum Gasteiger partial charge on any atom is 0.273 e. The Morgan fingerprint density at radius 1 is 1.31 bits per heavy atom. The fourth-order valence-electron chi connectivity index (χ4n) is 3.47. The van der Waals surface area contributed by atoms with E-state index in [-0.39, 0.29) is 5.69 Å². The normalized spacial score (nSPS) is 14.7. The molecule has 2 heterocycles. The molecule has 1 aliphatic rings. The molecule has 0 radical (unpaired) electrons. The quantitative estimate of drug-likeness (QED) is 0.450. The summed E-state index contributed by atoms with van der Waals surface area (Å²) in [4.78, 5) is 15.0. The zero-order valence-corrected chi connectivity index (χ0v) is 18.0. The summed E-state index contributed by atoms with van der Waals surface area (Å²) in [5, 5.41) is 19.2. The zero-order chi connectivity index (χ0) is 21.1. The summed E-state index contributed by atoms with van der Waals surface area (Å²) < 4.78 is 7.20. The van der Waals surface area contributed by atoms with Crippen molar-refractivity contribution in [3.63, 3.8) is 0 Å². The van der Waals surface area contributed by atoms with Crippen molar-refractivity contribution in [2.45, 2.75) is 20.4 Å². The second kappa shape index (κ2) is 8.75. The molecule has 1 aliphatic heterocycles. The van der Waals surface area contributed by atoms with Gasteiger partial charge >= 0.3 is 0 Å². The highest BCUT2D eigenvalue weighted by Crippen LogP contribution is 2.29. The van der Waals surface area contributed by atoms with Gasteiger partial charge in [0.15, 0.2) is 5.11 Å². The molecule has 1 aromatic carbocycles. The van der Waals surface area contributed by atoms with Crippen molar-refractivity contribution in [3.05, 3.63) is 45.3 Å². The van der Waals surface area contributed by atoms with E-state index in [1.807, 2.05) is 11.7 Å². The number of hydrogen-bond acceptors (Lipinski definition) is 6. The van der Waals surface area contributed by atoms with Crippen molar-refractivity contribution < 1.29 is 9.66 Å². The molecular weight excluding hydrogens is 392 g/mol. The minimum Gasteiger partial charge on any atom is -0.494 e. The van der Waals surface area contributed by atoms with Gasteiger partial charge in [0.05, 0.1) is 29.5 Å². The number of nitrogens with zero attached hydrogens (tertiary/aromatic N) is 5. The first-order chi connectivity index (χ1) is 13.8. The molecule has 0 unspecified atom stereocenters. The molecule has 9 nitrogen and oxygen atoms in total. The maximum absolute atomic E-state index is 10.9. The summed E-state index contributed by atoms with van der Waals surface area (Å²) in [6.07, 6.45) is 0. The van der Waals surface area contributed by atoms with Crippen LogP contribution >= 0.6 is 12.2 Å². The van der Waals surface area contributed by atoms with Crippen molar-refractivity contribution >= 4 is 28.7 Å². The first-order valence-electron chi connectivity index (χ1n) is 9.40. The lowest BCUT2D eigenvalue weighted by molar-refractivity contribution is -0.384. The van der Waals surface area contributed by atoms with Crippen LogP contribution in [0.5, 0.6) is 5.75 Å². The van der Waals surface area contributed by atoms with Gasteiger partial charge in [-0.25, -0.2) is 0 Å². The van der Waals surface area contributed by atoms with Gasteiger partial charge in [0.1, 0.15) is 5.75 Å². The third-order valence-electron chi connectivity index (χ3n) is 5.34. The summed E-state index contributed by atoms with van der Waals surface area (Å²) >= 11 is 5.55. The van der Waals surface area contributed by atoms with Crippen LogP contribution < -0.4 is 10.1 Å². The van der Waals surface area contributed by atoms with Crippen LogP contribution in [0.2, 0.25) is 0 Å². The van der Waals surface area contributed by atoms with Gasteiger partial charge in [0.25, 0.3) is 5.69 Å². The Hall–Kier alpha value is -2.72. The molecular formula is C19H26N6O3S. The van der Waals surface area contributed by atoms with E-state index in [4.69, 9.17) is 17.0 Å². The van der Waals surface area contributed by atoms with Crippen molar-refractivity contribution in [1.29, 1.82) is 0 Å². The standard InChI is InChI=1S/C19H26N6O3S/c1-13-16(14(2)22(3)21-13)12-23-7-9-24(10-8-23)19(29)20-17-6-5-15(25(26)27)11-18(17)28-4/h5-6,11H,7-10,12H2,1-4H3,(H,20,29). The second-order valence-corrected chi connectivity index (χ2v) is 7.49. The first-order valence-corrected chi connectivity index (χ1v) is 9.80. The summed E-state index contributed by atoms with van der Waals surface area (Å²) in [5.41, 5.74) is 4.17. The van der Waals surface area contributed by atoms with Gasteiger partial charge in [-0.2, -0.15) is 5.10 Å². The Bertz CT molecular complexity index is 921. The fourth-order valence-corrected chi connectivity index (χ4v) is 3.76. The van der Waals surface area contributed by atoms with Crippen LogP contribution in [0, 0.1) is 24.0 Å². The minimum absolute atomic E-state index is 0.0204. The monoisotopic (exact) mass is 418 g/mol. The molecule has 0 atom stereocenters. The number of methoxy groups -OCH3 is 1. The molecule has 0 spiro atoms. The third-order valence-corrected chi connectivity index (χ3v) is 5.70. The number of aromatic nitrogens is 2. The van der Waals surface area contributed by atoms with Gasteiger partial charge < -0.3 is 15.0 Å². The molecule has 1 saturated heterocycles. The number of piperazine rings is 1. The van der Waals surface area contributed by atoms with Crippen molar-refractivity contribution in [3.8, 4) is 5.75 Å². The van der Waals surface area contributed by atoms with Crippen LogP contribution in [-0.4, -0.2) is 62.9 Å². The number of anilines is 1. The lowest BCUT2D eigenvalue weighted by Gasteiger charge is -2.36. The van der Waals surface area contributed by atoms with E-state index in [0.29, 0.717) is 16.5 Å². The highest BCUT2D eigenvalue weighted by atomic mass is 32.1. The summed E-state index contributed by atoms with van der Waals surface area (Å²) in [7, 11) is 3.45. The number of non-ortho nitro benzene ring substituents is 1. The maximum atomic E-state index is 10.9. The van der Waals surface area contributed by atoms with Gasteiger partial charge in [0, 0.05) is 57.1 Å². The van der Waals surface area contributed by atoms with E-state index < -0.39 is 4.92 Å². The van der Waals surface area contributed by atoms with Crippen LogP contribution in [0.1, 0.15) is 17.0 Å². The predicted molar refractivity (Wildman–Crippen MR) is 115 cm³/mol. The highest BCUT2D eigenvalue weighted by Gasteiger charge is 2.22. The Balaban J connectivity index is 1.58. The molecule has 3 rings (SSSR count). The SMILES string of the molecule is COc1cc([N+](=O)[O-])ccc1NC(=S)N1CCN(Cc2c(C)nn(C)c2C)CC1. The largest absolute Gasteiger partial charge is 0.494 e. The van der Waals surface area contributed by atoms with Gasteiger partial charge in [-0.05, 0) is 32.1 Å². The predicted octanol–water partition coefficient (Wildman–Crippen LogP) is 2.47. The van der Waals surface area contributed by atoms with E-state index in [1.165, 1.54) is 30.5 Å². The summed E-state index contributed by atoms with van der Waals surface area (Å²) in [6, 6.07) is 4.44. The number of thiocarbonyl (C=S) groups is 1. The Morgan fingerprint density at radius 2 is 2.00 bits per heavy atom. The van der Waals surface area contributed by atoms with Gasteiger partial charge in [0.2, 0.25) is 0 Å². The molecule has 0 saturated carbocycles. The number of rotatable bonds is 5. The average molecular weight is 419 g/mol. The smallest absolute Gasteiger partial charge is 0.273 e. The van der Waals surface area contributed by atoms with E-state index in [2.05, 4.69) is 34.1 Å². The second-order valence-electron chi connectivity index (χ2n) is 7.11. The number of benzene rings is 1. The molecule has 1 fully saturated rings. The highest BCUT2D eigenvalue weighted by molar-refractivity contribution is 7.80. The molecule has 156 valence electrons. The molecule has 29 heavy (non-hydrogen) atoms. The molecule has 1 aromatic heterocycles. The fraction of sp³-hybridized carbons (Fsp3) is 0.474. The van der Waals surface area contributed by atoms with Crippen LogP contribution in [0.15, 0.2) is 18.2 Å².